The number of aromatic nitrogens is 2. The Morgan fingerprint density at radius 2 is 1.53 bits per heavy atom. The molecule has 2 aromatic heterocycles. The molecule has 0 saturated heterocycles. The Balaban J connectivity index is 0.943. The molecule has 16 heteroatoms. The predicted octanol–water partition coefficient (Wildman–Crippen LogP) is 3.88. The van der Waals surface area contributed by atoms with Gasteiger partial charge >= 0.3 is 5.97 Å². The van der Waals surface area contributed by atoms with Crippen molar-refractivity contribution in [2.75, 3.05) is 85.8 Å². The van der Waals surface area contributed by atoms with E-state index in [4.69, 9.17) is 48.6 Å². The lowest BCUT2D eigenvalue weighted by molar-refractivity contribution is -0.148. The molecule has 3 N–H and O–H groups in total. The Labute approximate surface area is 349 Å². The van der Waals surface area contributed by atoms with Gasteiger partial charge in [0.2, 0.25) is 0 Å². The number of fused-ring (bicyclic) bond motifs is 5. The number of nitrogens with two attached hydrogens (primary N) is 1. The van der Waals surface area contributed by atoms with Gasteiger partial charge in [-0.05, 0) is 67.3 Å². The van der Waals surface area contributed by atoms with Gasteiger partial charge < -0.3 is 48.2 Å². The molecule has 2 aliphatic heterocycles. The summed E-state index contributed by atoms with van der Waals surface area (Å²) in [5, 5.41) is 5.18. The molecule has 2 aliphatic rings. The number of esters is 1. The topological polar surface area (TPSA) is 193 Å². The van der Waals surface area contributed by atoms with Gasteiger partial charge in [0.15, 0.2) is 6.61 Å². The van der Waals surface area contributed by atoms with E-state index in [1.807, 2.05) is 49.4 Å². The summed E-state index contributed by atoms with van der Waals surface area (Å²) in [5.41, 5.74) is 14.5. The molecule has 6 rings (SSSR count). The van der Waals surface area contributed by atoms with E-state index in [1.165, 1.54) is 0 Å². The van der Waals surface area contributed by atoms with Gasteiger partial charge in [-0.1, -0.05) is 26.0 Å². The van der Waals surface area contributed by atoms with Crippen LogP contribution < -0.4 is 26.2 Å². The zero-order chi connectivity index (χ0) is 42.3. The first-order valence-electron chi connectivity index (χ1n) is 20.5. The molecule has 4 heterocycles. The number of benzene rings is 2. The first-order chi connectivity index (χ1) is 29.3. The number of rotatable bonds is 25. The van der Waals surface area contributed by atoms with E-state index in [1.54, 1.807) is 17.6 Å². The molecule has 4 aromatic rings. The number of para-hydroxylation sites is 1. The summed E-state index contributed by atoms with van der Waals surface area (Å²) in [6.07, 6.45) is 1.23. The minimum atomic E-state index is -0.471. The number of cyclic esters (lactones) is 1. The average molecular weight is 830 g/mol. The molecule has 0 radical (unpaired) electrons. The van der Waals surface area contributed by atoms with Crippen molar-refractivity contribution in [1.82, 2.24) is 15.0 Å². The van der Waals surface area contributed by atoms with E-state index >= 15 is 0 Å². The number of nitrogens with one attached hydrogen (secondary N) is 1. The fourth-order valence-electron chi connectivity index (χ4n) is 7.21. The van der Waals surface area contributed by atoms with Crippen LogP contribution in [0.2, 0.25) is 0 Å². The minimum absolute atomic E-state index is 0.0185. The lowest BCUT2D eigenvalue weighted by atomic mass is 9.90. The highest BCUT2D eigenvalue weighted by molar-refractivity contribution is 6.01. The largest absolute Gasteiger partial charge is 0.490 e. The zero-order valence-corrected chi connectivity index (χ0v) is 34.6. The first-order valence-corrected chi connectivity index (χ1v) is 20.5. The van der Waals surface area contributed by atoms with Crippen molar-refractivity contribution in [1.29, 1.82) is 0 Å². The smallest absolute Gasteiger partial charge is 0.313 e. The van der Waals surface area contributed by atoms with Crippen LogP contribution in [0.4, 0.5) is 0 Å². The molecular weight excluding hydrogens is 775 g/mol. The van der Waals surface area contributed by atoms with Crippen LogP contribution in [0.1, 0.15) is 60.9 Å². The predicted molar refractivity (Wildman–Crippen MR) is 224 cm³/mol. The van der Waals surface area contributed by atoms with Gasteiger partial charge in [0.25, 0.3) is 11.5 Å². The Morgan fingerprint density at radius 3 is 2.20 bits per heavy atom. The van der Waals surface area contributed by atoms with Crippen LogP contribution in [0.15, 0.2) is 58.4 Å². The number of pyridine rings is 2. The number of amides is 1. The van der Waals surface area contributed by atoms with Gasteiger partial charge in [-0.15, -0.1) is 0 Å². The average Bonchev–Trinajstić information content (AvgIpc) is 3.63. The van der Waals surface area contributed by atoms with Crippen LogP contribution in [0.3, 0.4) is 0 Å². The maximum Gasteiger partial charge on any atom is 0.313 e. The Morgan fingerprint density at radius 1 is 0.867 bits per heavy atom. The van der Waals surface area contributed by atoms with Crippen LogP contribution in [0, 0.1) is 0 Å². The summed E-state index contributed by atoms with van der Waals surface area (Å²) in [5.74, 6) is -0.0980. The van der Waals surface area contributed by atoms with Crippen molar-refractivity contribution in [2.45, 2.75) is 52.7 Å². The van der Waals surface area contributed by atoms with Crippen LogP contribution >= 0.6 is 0 Å². The second kappa shape index (κ2) is 22.4. The summed E-state index contributed by atoms with van der Waals surface area (Å²) in [6.45, 7) is 11.4. The van der Waals surface area contributed by atoms with E-state index in [-0.39, 0.29) is 24.7 Å². The van der Waals surface area contributed by atoms with E-state index in [0.29, 0.717) is 127 Å². The third-order valence-corrected chi connectivity index (χ3v) is 10.2. The van der Waals surface area contributed by atoms with Crippen LogP contribution in [0.5, 0.6) is 11.5 Å². The maximum absolute atomic E-state index is 13.6. The zero-order valence-electron chi connectivity index (χ0n) is 34.6. The van der Waals surface area contributed by atoms with E-state index in [9.17, 15) is 14.4 Å². The maximum atomic E-state index is 13.6. The Hall–Kier alpha value is -5.23. The summed E-state index contributed by atoms with van der Waals surface area (Å²) >= 11 is 0. The lowest BCUT2D eigenvalue weighted by Gasteiger charge is -2.24. The van der Waals surface area contributed by atoms with Gasteiger partial charge in [-0.2, -0.15) is 5.10 Å². The van der Waals surface area contributed by atoms with Crippen LogP contribution in [-0.2, 0) is 57.6 Å². The number of aryl methyl sites for hydroxylation is 1. The molecule has 322 valence electrons. The highest BCUT2D eigenvalue weighted by atomic mass is 16.6. The lowest BCUT2D eigenvalue weighted by Crippen LogP contribution is -2.32. The highest BCUT2D eigenvalue weighted by Crippen LogP contribution is 2.39. The monoisotopic (exact) mass is 829 g/mol. The first kappa shape index (κ1) is 44.3. The standard InChI is InChI=1S/C44H55N5O11/c1-4-31-35-24-30(10-11-38(35)46-42-36(31)26-49-39(42)25-34-32(5-2)44(52)60-27-37(34)43(49)51)59-28-41(50)48-47-29(3)33-8-6-7-9-40(33)58-23-22-57-21-20-56-19-18-55-17-16-54-15-14-53-13-12-45/h6-11,24-25,32H,4-5,12-23,26-28,45H2,1-3H3,(H,48,50)/b47-29+/t32-/m1/s1. The summed E-state index contributed by atoms with van der Waals surface area (Å²) < 4.78 is 46.2. The number of ether oxygens (including phenoxy) is 8. The van der Waals surface area contributed by atoms with Crippen molar-refractivity contribution in [3.8, 4) is 22.9 Å². The highest BCUT2D eigenvalue weighted by Gasteiger charge is 2.34. The number of carbonyl (C=O) groups excluding carboxylic acids is 2. The second-order valence-electron chi connectivity index (χ2n) is 14.1. The van der Waals surface area contributed by atoms with Gasteiger partial charge in [0.1, 0.15) is 24.7 Å². The third-order valence-electron chi connectivity index (χ3n) is 10.2. The fourth-order valence-corrected chi connectivity index (χ4v) is 7.21. The molecule has 0 spiro atoms. The summed E-state index contributed by atoms with van der Waals surface area (Å²) in [4.78, 5) is 44.0. The molecule has 0 unspecified atom stereocenters. The van der Waals surface area contributed by atoms with Crippen LogP contribution in [-0.4, -0.2) is 113 Å². The van der Waals surface area contributed by atoms with Crippen molar-refractivity contribution in [3.05, 3.63) is 86.7 Å². The quantitative estimate of drug-likeness (QED) is 0.0373. The van der Waals surface area contributed by atoms with Gasteiger partial charge in [0.05, 0.1) is 107 Å². The SMILES string of the molecule is CCc1c2c(nc3ccc(OCC(=O)N/N=C(\C)c4ccccc4OCCOCCOCCOCCOCCOCCN)cc13)-c1cc3c(c(=O)n1C2)COC(=O)[C@@H]3CC. The van der Waals surface area contributed by atoms with Crippen molar-refractivity contribution < 1.29 is 47.5 Å². The number of nitrogens with zero attached hydrogens (tertiary/aromatic N) is 3. The third kappa shape index (κ3) is 11.1. The Kier molecular flexibility index (Phi) is 16.5. The normalized spacial score (nSPS) is 14.4. The molecular formula is C44H55N5O11. The van der Waals surface area contributed by atoms with Gasteiger partial charge in [-0.25, -0.2) is 10.4 Å². The molecule has 60 heavy (non-hydrogen) atoms. The summed E-state index contributed by atoms with van der Waals surface area (Å²) in [7, 11) is 0. The summed E-state index contributed by atoms with van der Waals surface area (Å²) in [6, 6.07) is 14.9. The molecule has 2 aromatic carbocycles. The molecule has 1 atom stereocenters. The van der Waals surface area contributed by atoms with E-state index in [0.717, 1.165) is 38.9 Å². The molecule has 0 aliphatic carbocycles. The van der Waals surface area contributed by atoms with Crippen molar-refractivity contribution in [2.24, 2.45) is 10.8 Å². The Bertz CT molecular complexity index is 2190. The number of hydrogen-bond acceptors (Lipinski definition) is 14. The minimum Gasteiger partial charge on any atom is -0.490 e. The molecule has 1 amide bonds. The molecule has 16 nitrogen and oxygen atoms in total. The van der Waals surface area contributed by atoms with Crippen molar-refractivity contribution >= 4 is 28.5 Å². The molecule has 0 bridgehead atoms. The molecule has 0 fully saturated rings. The van der Waals surface area contributed by atoms with Gasteiger partial charge in [-0.3, -0.25) is 14.4 Å². The number of hydrazone groups is 1. The van der Waals surface area contributed by atoms with E-state index < -0.39 is 11.8 Å². The van der Waals surface area contributed by atoms with Gasteiger partial charge in [0, 0.05) is 23.1 Å². The van der Waals surface area contributed by atoms with E-state index in [2.05, 4.69) is 17.5 Å². The second-order valence-corrected chi connectivity index (χ2v) is 14.1. The number of hydrogen-bond donors (Lipinski definition) is 2. The van der Waals surface area contributed by atoms with Crippen LogP contribution in [0.25, 0.3) is 22.3 Å². The van der Waals surface area contributed by atoms with Crippen molar-refractivity contribution in [3.63, 3.8) is 0 Å². The fraction of sp³-hybridized carbons (Fsp3) is 0.477. The molecule has 0 saturated carbocycles. The number of carbonyl (C=O) groups is 2.